The molecule has 0 saturated heterocycles. The Labute approximate surface area is 119 Å². The topological polar surface area (TPSA) is 52.3 Å². The number of carbonyl (C=O) groups is 1. The van der Waals surface area contributed by atoms with Gasteiger partial charge < -0.3 is 10.5 Å². The van der Waals surface area contributed by atoms with Gasteiger partial charge in [0.25, 0.3) is 0 Å². The Morgan fingerprint density at radius 1 is 1.11 bits per heavy atom. The fraction of sp³-hybridized carbons (Fsp3) is 0.938. The van der Waals surface area contributed by atoms with Gasteiger partial charge in [-0.1, -0.05) is 39.5 Å². The Morgan fingerprint density at radius 3 is 2.42 bits per heavy atom. The molecule has 0 aromatic carbocycles. The number of carbonyl (C=O) groups excluding carboxylic acids is 1. The summed E-state index contributed by atoms with van der Waals surface area (Å²) in [5.74, 6) is 0.524. The van der Waals surface area contributed by atoms with Crippen LogP contribution in [0.4, 0.5) is 0 Å². The first-order valence-electron chi connectivity index (χ1n) is 8.03. The molecule has 0 aliphatic carbocycles. The van der Waals surface area contributed by atoms with E-state index in [1.807, 2.05) is 6.92 Å². The monoisotopic (exact) mass is 271 g/mol. The summed E-state index contributed by atoms with van der Waals surface area (Å²) in [6, 6.07) is 0. The molecule has 2 N–H and O–H groups in total. The third-order valence-electron chi connectivity index (χ3n) is 3.71. The predicted octanol–water partition coefficient (Wildman–Crippen LogP) is 4.04. The fourth-order valence-electron chi connectivity index (χ4n) is 2.31. The standard InChI is InChI=1S/C16H33NO2/c1-4-6-7-8-9-14(3)19-16(18)11-10-15(5-2)12-13-17/h14-15H,4-13,17H2,1-3H3. The number of esters is 1. The summed E-state index contributed by atoms with van der Waals surface area (Å²) in [5.41, 5.74) is 5.56. The molecule has 0 rings (SSSR count). The summed E-state index contributed by atoms with van der Waals surface area (Å²) in [7, 11) is 0. The lowest BCUT2D eigenvalue weighted by Crippen LogP contribution is -2.16. The van der Waals surface area contributed by atoms with E-state index in [9.17, 15) is 4.79 Å². The van der Waals surface area contributed by atoms with Gasteiger partial charge >= 0.3 is 5.97 Å². The molecule has 3 heteroatoms. The summed E-state index contributed by atoms with van der Waals surface area (Å²) in [6.45, 7) is 7.07. The zero-order valence-electron chi connectivity index (χ0n) is 13.1. The summed E-state index contributed by atoms with van der Waals surface area (Å²) >= 11 is 0. The van der Waals surface area contributed by atoms with E-state index < -0.39 is 0 Å². The lowest BCUT2D eigenvalue weighted by atomic mass is 9.97. The summed E-state index contributed by atoms with van der Waals surface area (Å²) in [6.07, 6.45) is 9.54. The normalized spacial score (nSPS) is 14.1. The molecule has 0 fully saturated rings. The Balaban J connectivity index is 3.66. The molecule has 0 radical (unpaired) electrons. The second-order valence-electron chi connectivity index (χ2n) is 5.54. The molecule has 0 aliphatic rings. The maximum atomic E-state index is 11.7. The Bertz CT molecular complexity index is 219. The second kappa shape index (κ2) is 12.5. The number of ether oxygens (including phenoxy) is 1. The molecule has 2 unspecified atom stereocenters. The van der Waals surface area contributed by atoms with Crippen molar-refractivity contribution < 1.29 is 9.53 Å². The van der Waals surface area contributed by atoms with Crippen molar-refractivity contribution in [2.45, 2.75) is 84.7 Å². The average molecular weight is 271 g/mol. The van der Waals surface area contributed by atoms with E-state index in [-0.39, 0.29) is 12.1 Å². The number of rotatable bonds is 12. The molecule has 0 saturated carbocycles. The molecule has 0 aromatic rings. The minimum absolute atomic E-state index is 0.0431. The molecule has 0 heterocycles. The predicted molar refractivity (Wildman–Crippen MR) is 81.0 cm³/mol. The molecule has 114 valence electrons. The van der Waals surface area contributed by atoms with Crippen LogP contribution in [0.2, 0.25) is 0 Å². The van der Waals surface area contributed by atoms with Gasteiger partial charge in [-0.2, -0.15) is 0 Å². The van der Waals surface area contributed by atoms with Crippen LogP contribution in [0.1, 0.15) is 78.6 Å². The van der Waals surface area contributed by atoms with Crippen LogP contribution in [0.5, 0.6) is 0 Å². The van der Waals surface area contributed by atoms with E-state index in [2.05, 4.69) is 13.8 Å². The SMILES string of the molecule is CCCCCCC(C)OC(=O)CCC(CC)CCN. The van der Waals surface area contributed by atoms with E-state index in [1.165, 1.54) is 19.3 Å². The van der Waals surface area contributed by atoms with Crippen LogP contribution in [0.25, 0.3) is 0 Å². The lowest BCUT2D eigenvalue weighted by Gasteiger charge is -2.15. The highest BCUT2D eigenvalue weighted by Gasteiger charge is 2.12. The molecule has 0 aliphatic heterocycles. The number of hydrogen-bond acceptors (Lipinski definition) is 3. The minimum Gasteiger partial charge on any atom is -0.463 e. The molecule has 19 heavy (non-hydrogen) atoms. The average Bonchev–Trinajstić information content (AvgIpc) is 2.39. The van der Waals surface area contributed by atoms with Gasteiger partial charge in [-0.25, -0.2) is 0 Å². The van der Waals surface area contributed by atoms with E-state index in [0.717, 1.165) is 32.1 Å². The molecule has 0 aromatic heterocycles. The molecular weight excluding hydrogens is 238 g/mol. The zero-order valence-corrected chi connectivity index (χ0v) is 13.1. The van der Waals surface area contributed by atoms with E-state index >= 15 is 0 Å². The highest BCUT2D eigenvalue weighted by Crippen LogP contribution is 2.16. The first-order valence-corrected chi connectivity index (χ1v) is 8.03. The Hall–Kier alpha value is -0.570. The molecule has 0 spiro atoms. The van der Waals surface area contributed by atoms with Crippen molar-refractivity contribution in [1.29, 1.82) is 0 Å². The van der Waals surface area contributed by atoms with Crippen LogP contribution in [-0.4, -0.2) is 18.6 Å². The van der Waals surface area contributed by atoms with Gasteiger partial charge in [0.2, 0.25) is 0 Å². The molecule has 0 amide bonds. The van der Waals surface area contributed by atoms with Crippen molar-refractivity contribution in [2.24, 2.45) is 11.7 Å². The quantitative estimate of drug-likeness (QED) is 0.430. The van der Waals surface area contributed by atoms with Gasteiger partial charge in [-0.15, -0.1) is 0 Å². The largest absolute Gasteiger partial charge is 0.463 e. The van der Waals surface area contributed by atoms with E-state index in [4.69, 9.17) is 10.5 Å². The highest BCUT2D eigenvalue weighted by molar-refractivity contribution is 5.69. The van der Waals surface area contributed by atoms with Crippen LogP contribution in [0.3, 0.4) is 0 Å². The number of unbranched alkanes of at least 4 members (excludes halogenated alkanes) is 3. The van der Waals surface area contributed by atoms with Gasteiger partial charge in [0.05, 0.1) is 6.10 Å². The van der Waals surface area contributed by atoms with Crippen molar-refractivity contribution in [3.63, 3.8) is 0 Å². The van der Waals surface area contributed by atoms with E-state index in [1.54, 1.807) is 0 Å². The van der Waals surface area contributed by atoms with Crippen molar-refractivity contribution in [2.75, 3.05) is 6.54 Å². The number of nitrogens with two attached hydrogens (primary N) is 1. The van der Waals surface area contributed by atoms with Gasteiger partial charge in [0.1, 0.15) is 0 Å². The minimum atomic E-state index is -0.0431. The molecular formula is C16H33NO2. The van der Waals surface area contributed by atoms with Gasteiger partial charge in [0, 0.05) is 6.42 Å². The second-order valence-corrected chi connectivity index (χ2v) is 5.54. The first kappa shape index (κ1) is 18.4. The fourth-order valence-corrected chi connectivity index (χ4v) is 2.31. The number of hydrogen-bond donors (Lipinski definition) is 1. The van der Waals surface area contributed by atoms with Crippen molar-refractivity contribution in [3.05, 3.63) is 0 Å². The maximum Gasteiger partial charge on any atom is 0.306 e. The van der Waals surface area contributed by atoms with Crippen molar-refractivity contribution in [1.82, 2.24) is 0 Å². The highest BCUT2D eigenvalue weighted by atomic mass is 16.5. The van der Waals surface area contributed by atoms with Crippen molar-refractivity contribution >= 4 is 5.97 Å². The molecule has 0 bridgehead atoms. The van der Waals surface area contributed by atoms with Gasteiger partial charge in [0.15, 0.2) is 0 Å². The maximum absolute atomic E-state index is 11.7. The smallest absolute Gasteiger partial charge is 0.306 e. The van der Waals surface area contributed by atoms with Crippen LogP contribution in [0, 0.1) is 5.92 Å². The summed E-state index contributed by atoms with van der Waals surface area (Å²) in [4.78, 5) is 11.7. The van der Waals surface area contributed by atoms with Crippen LogP contribution in [0.15, 0.2) is 0 Å². The van der Waals surface area contributed by atoms with E-state index in [0.29, 0.717) is 18.9 Å². The first-order chi connectivity index (χ1) is 9.13. The Kier molecular flexibility index (Phi) is 12.1. The van der Waals surface area contributed by atoms with Crippen LogP contribution < -0.4 is 5.73 Å². The zero-order chi connectivity index (χ0) is 14.5. The van der Waals surface area contributed by atoms with Gasteiger partial charge in [-0.3, -0.25) is 4.79 Å². The Morgan fingerprint density at radius 2 is 1.84 bits per heavy atom. The molecule has 3 nitrogen and oxygen atoms in total. The lowest BCUT2D eigenvalue weighted by molar-refractivity contribution is -0.148. The molecule has 2 atom stereocenters. The van der Waals surface area contributed by atoms with Crippen LogP contribution in [-0.2, 0) is 9.53 Å². The van der Waals surface area contributed by atoms with Crippen molar-refractivity contribution in [3.8, 4) is 0 Å². The summed E-state index contributed by atoms with van der Waals surface area (Å²) < 4.78 is 5.43. The van der Waals surface area contributed by atoms with Crippen LogP contribution >= 0.6 is 0 Å². The third-order valence-corrected chi connectivity index (χ3v) is 3.71. The third kappa shape index (κ3) is 11.0. The van der Waals surface area contributed by atoms with Gasteiger partial charge in [-0.05, 0) is 45.1 Å². The summed E-state index contributed by atoms with van der Waals surface area (Å²) in [5, 5.41) is 0.